The minimum absolute atomic E-state index is 0.323. The number of hydrogen-bond acceptors (Lipinski definition) is 3. The molecule has 0 bridgehead atoms. The zero-order valence-electron chi connectivity index (χ0n) is 10.2. The Hall–Kier alpha value is -0.120. The number of aliphatic hydroxyl groups excluding tert-OH is 1. The summed E-state index contributed by atoms with van der Waals surface area (Å²) in [6, 6.07) is 0.799. The van der Waals surface area contributed by atoms with E-state index in [4.69, 9.17) is 9.84 Å². The van der Waals surface area contributed by atoms with Crippen molar-refractivity contribution in [3.8, 4) is 0 Å². The Morgan fingerprint density at radius 2 is 2.00 bits per heavy atom. The topological polar surface area (TPSA) is 32.7 Å². The quantitative estimate of drug-likeness (QED) is 0.720. The molecule has 1 saturated carbocycles. The lowest BCUT2D eigenvalue weighted by Gasteiger charge is -2.38. The molecule has 0 spiro atoms. The minimum atomic E-state index is 0.323. The molecule has 16 heavy (non-hydrogen) atoms. The minimum Gasteiger partial charge on any atom is -0.396 e. The third kappa shape index (κ3) is 3.44. The van der Waals surface area contributed by atoms with Crippen molar-refractivity contribution in [3.63, 3.8) is 0 Å². The number of ether oxygens (including phenoxy) is 1. The van der Waals surface area contributed by atoms with Crippen molar-refractivity contribution in [3.05, 3.63) is 0 Å². The van der Waals surface area contributed by atoms with Gasteiger partial charge in [-0.05, 0) is 38.5 Å². The predicted octanol–water partition coefficient (Wildman–Crippen LogP) is 1.79. The van der Waals surface area contributed by atoms with Gasteiger partial charge in [-0.15, -0.1) is 0 Å². The van der Waals surface area contributed by atoms with Crippen LogP contribution in [0.15, 0.2) is 0 Å². The summed E-state index contributed by atoms with van der Waals surface area (Å²) in [5.41, 5.74) is 0. The van der Waals surface area contributed by atoms with E-state index in [9.17, 15) is 0 Å². The predicted molar refractivity (Wildman–Crippen MR) is 64.5 cm³/mol. The molecule has 1 saturated heterocycles. The van der Waals surface area contributed by atoms with Gasteiger partial charge in [-0.25, -0.2) is 0 Å². The van der Waals surface area contributed by atoms with Crippen LogP contribution in [0, 0.1) is 0 Å². The van der Waals surface area contributed by atoms with Gasteiger partial charge in [-0.3, -0.25) is 0 Å². The van der Waals surface area contributed by atoms with Crippen molar-refractivity contribution in [1.29, 1.82) is 0 Å². The van der Waals surface area contributed by atoms with Gasteiger partial charge in [0.15, 0.2) is 0 Å². The molecule has 2 fully saturated rings. The molecule has 94 valence electrons. The van der Waals surface area contributed by atoms with E-state index in [1.165, 1.54) is 38.5 Å². The summed E-state index contributed by atoms with van der Waals surface area (Å²) in [5, 5.41) is 8.92. The molecule has 0 aromatic heterocycles. The maximum absolute atomic E-state index is 8.92. The average Bonchev–Trinajstić information content (AvgIpc) is 2.72. The summed E-state index contributed by atoms with van der Waals surface area (Å²) >= 11 is 0. The van der Waals surface area contributed by atoms with Crippen LogP contribution >= 0.6 is 0 Å². The first kappa shape index (κ1) is 12.3. The molecule has 0 radical (unpaired) electrons. The first-order chi connectivity index (χ1) is 7.90. The zero-order valence-corrected chi connectivity index (χ0v) is 10.2. The number of aliphatic hydroxyl groups is 1. The average molecular weight is 227 g/mol. The van der Waals surface area contributed by atoms with Crippen molar-refractivity contribution in [2.45, 2.75) is 57.1 Å². The lowest BCUT2D eigenvalue weighted by atomic mass is 9.91. The maximum atomic E-state index is 8.92. The van der Waals surface area contributed by atoms with Gasteiger partial charge in [0, 0.05) is 32.3 Å². The molecule has 1 aliphatic carbocycles. The van der Waals surface area contributed by atoms with Crippen LogP contribution in [0.3, 0.4) is 0 Å². The van der Waals surface area contributed by atoms with Gasteiger partial charge in [0.25, 0.3) is 0 Å². The van der Waals surface area contributed by atoms with E-state index in [2.05, 4.69) is 4.90 Å². The van der Waals surface area contributed by atoms with Gasteiger partial charge < -0.3 is 14.7 Å². The van der Waals surface area contributed by atoms with Crippen molar-refractivity contribution >= 4 is 0 Å². The highest BCUT2D eigenvalue weighted by molar-refractivity contribution is 4.81. The van der Waals surface area contributed by atoms with Crippen LogP contribution in [0.4, 0.5) is 0 Å². The van der Waals surface area contributed by atoms with Crippen LogP contribution in [0.5, 0.6) is 0 Å². The third-order valence-electron chi connectivity index (χ3n) is 3.96. The van der Waals surface area contributed by atoms with Gasteiger partial charge in [0.2, 0.25) is 0 Å². The molecular formula is C13H25NO2. The van der Waals surface area contributed by atoms with Gasteiger partial charge in [-0.2, -0.15) is 0 Å². The lowest BCUT2D eigenvalue weighted by Crippen LogP contribution is -2.42. The van der Waals surface area contributed by atoms with Gasteiger partial charge in [-0.1, -0.05) is 6.42 Å². The summed E-state index contributed by atoms with van der Waals surface area (Å²) in [6.45, 7) is 3.51. The molecule has 1 aliphatic heterocycles. The summed E-state index contributed by atoms with van der Waals surface area (Å²) in [5.74, 6) is 0. The highest BCUT2D eigenvalue weighted by Gasteiger charge is 2.25. The van der Waals surface area contributed by atoms with E-state index < -0.39 is 0 Å². The summed E-state index contributed by atoms with van der Waals surface area (Å²) < 4.78 is 5.66. The fourth-order valence-corrected chi connectivity index (χ4v) is 2.68. The first-order valence-corrected chi connectivity index (χ1v) is 6.86. The number of rotatable bonds is 7. The first-order valence-electron chi connectivity index (χ1n) is 6.86. The van der Waals surface area contributed by atoms with Crippen molar-refractivity contribution in [2.75, 3.05) is 26.3 Å². The van der Waals surface area contributed by atoms with E-state index >= 15 is 0 Å². The molecule has 0 aromatic rings. The van der Waals surface area contributed by atoms with Crippen LogP contribution in [0.25, 0.3) is 0 Å². The Morgan fingerprint density at radius 1 is 1.12 bits per heavy atom. The molecule has 0 amide bonds. The van der Waals surface area contributed by atoms with Crippen LogP contribution in [-0.4, -0.2) is 48.5 Å². The molecule has 3 heteroatoms. The lowest BCUT2D eigenvalue weighted by molar-refractivity contribution is 0.0670. The molecule has 2 aliphatic rings. The Kier molecular flexibility index (Phi) is 5.07. The maximum Gasteiger partial charge on any atom is 0.0588 e. The smallest absolute Gasteiger partial charge is 0.0588 e. The van der Waals surface area contributed by atoms with Crippen LogP contribution in [0.2, 0.25) is 0 Å². The highest BCUT2D eigenvalue weighted by atomic mass is 16.5. The van der Waals surface area contributed by atoms with Gasteiger partial charge in [0.1, 0.15) is 0 Å². The largest absolute Gasteiger partial charge is 0.396 e. The Morgan fingerprint density at radius 3 is 2.56 bits per heavy atom. The van der Waals surface area contributed by atoms with Gasteiger partial charge >= 0.3 is 0 Å². The van der Waals surface area contributed by atoms with Crippen molar-refractivity contribution in [2.24, 2.45) is 0 Å². The molecule has 1 heterocycles. The molecule has 1 atom stereocenters. The standard InChI is InChI=1S/C13H25NO2/c15-10-3-8-14(12-4-1-5-12)9-7-13-6-2-11-16-13/h12-13,15H,1-11H2. The van der Waals surface area contributed by atoms with Crippen LogP contribution in [0.1, 0.15) is 44.9 Å². The fourth-order valence-electron chi connectivity index (χ4n) is 2.68. The molecule has 3 nitrogen and oxygen atoms in total. The second-order valence-corrected chi connectivity index (χ2v) is 5.12. The summed E-state index contributed by atoms with van der Waals surface area (Å²) in [4.78, 5) is 2.57. The second-order valence-electron chi connectivity index (χ2n) is 5.12. The highest BCUT2D eigenvalue weighted by Crippen LogP contribution is 2.26. The van der Waals surface area contributed by atoms with Crippen molar-refractivity contribution < 1.29 is 9.84 Å². The second kappa shape index (κ2) is 6.58. The van der Waals surface area contributed by atoms with E-state index in [-0.39, 0.29) is 0 Å². The Balaban J connectivity index is 1.67. The van der Waals surface area contributed by atoms with E-state index in [1.807, 2.05) is 0 Å². The fraction of sp³-hybridized carbons (Fsp3) is 1.00. The Bertz CT molecular complexity index is 188. The van der Waals surface area contributed by atoms with Crippen LogP contribution in [-0.2, 0) is 4.74 Å². The molecule has 1 unspecified atom stereocenters. The monoisotopic (exact) mass is 227 g/mol. The zero-order chi connectivity index (χ0) is 11.2. The molecule has 0 aromatic carbocycles. The summed E-state index contributed by atoms with van der Waals surface area (Å²) in [7, 11) is 0. The van der Waals surface area contributed by atoms with E-state index in [1.54, 1.807) is 0 Å². The molecular weight excluding hydrogens is 202 g/mol. The van der Waals surface area contributed by atoms with E-state index in [0.29, 0.717) is 12.7 Å². The SMILES string of the molecule is OCCCN(CCC1CCCO1)C1CCC1. The van der Waals surface area contributed by atoms with E-state index in [0.717, 1.165) is 32.2 Å². The van der Waals surface area contributed by atoms with Crippen LogP contribution < -0.4 is 0 Å². The number of hydrogen-bond donors (Lipinski definition) is 1. The number of nitrogens with zero attached hydrogens (tertiary/aromatic N) is 1. The Labute approximate surface area is 98.8 Å². The normalized spacial score (nSPS) is 26.2. The third-order valence-corrected chi connectivity index (χ3v) is 3.96. The van der Waals surface area contributed by atoms with Crippen molar-refractivity contribution in [1.82, 2.24) is 4.90 Å². The van der Waals surface area contributed by atoms with Gasteiger partial charge in [0.05, 0.1) is 6.10 Å². The summed E-state index contributed by atoms with van der Waals surface area (Å²) in [6.07, 6.45) is 9.21. The molecule has 1 N–H and O–H groups in total. The molecule has 2 rings (SSSR count).